The van der Waals surface area contributed by atoms with E-state index in [0.717, 1.165) is 6.42 Å². The van der Waals surface area contributed by atoms with Gasteiger partial charge >= 0.3 is 0 Å². The lowest BCUT2D eigenvalue weighted by Gasteiger charge is -2.22. The van der Waals surface area contributed by atoms with Crippen LogP contribution in [0.1, 0.15) is 36.2 Å². The second-order valence-corrected chi connectivity index (χ2v) is 8.79. The van der Waals surface area contributed by atoms with Crippen molar-refractivity contribution in [2.24, 2.45) is 0 Å². The number of amides is 1. The molecule has 28 heavy (non-hydrogen) atoms. The molecule has 0 unspecified atom stereocenters. The van der Waals surface area contributed by atoms with E-state index in [9.17, 15) is 13.2 Å². The fraction of sp³-hybridized carbons (Fsp3) is 0.381. The third-order valence-corrected chi connectivity index (χ3v) is 6.04. The number of sulfonamides is 1. The van der Waals surface area contributed by atoms with Crippen molar-refractivity contribution in [3.05, 3.63) is 59.7 Å². The van der Waals surface area contributed by atoms with Crippen LogP contribution in [0.5, 0.6) is 0 Å². The molecule has 7 heteroatoms. The van der Waals surface area contributed by atoms with Gasteiger partial charge in [0.25, 0.3) is 15.9 Å². The molecule has 0 aromatic heterocycles. The zero-order valence-electron chi connectivity index (χ0n) is 16.8. The van der Waals surface area contributed by atoms with Crippen LogP contribution in [-0.2, 0) is 14.8 Å². The number of ether oxygens (including phenoxy) is 1. The molecule has 0 aliphatic rings. The molecule has 0 aliphatic heterocycles. The first-order valence-electron chi connectivity index (χ1n) is 9.28. The van der Waals surface area contributed by atoms with Crippen LogP contribution in [0.4, 0.5) is 5.69 Å². The molecule has 2 aromatic carbocycles. The van der Waals surface area contributed by atoms with Crippen molar-refractivity contribution in [3.63, 3.8) is 0 Å². The minimum Gasteiger partial charge on any atom is -0.379 e. The van der Waals surface area contributed by atoms with E-state index in [1.54, 1.807) is 55.5 Å². The second kappa shape index (κ2) is 9.71. The summed E-state index contributed by atoms with van der Waals surface area (Å²) in [6.07, 6.45) is 0.911. The molecular formula is C21H28N2O4S. The number of benzene rings is 2. The number of nitrogens with one attached hydrogen (secondary N) is 1. The highest BCUT2D eigenvalue weighted by Crippen LogP contribution is 2.26. The molecule has 2 aromatic rings. The van der Waals surface area contributed by atoms with Crippen LogP contribution in [0.15, 0.2) is 53.4 Å². The van der Waals surface area contributed by atoms with Gasteiger partial charge in [-0.05, 0) is 63.1 Å². The van der Waals surface area contributed by atoms with Crippen LogP contribution in [0.2, 0.25) is 0 Å². The van der Waals surface area contributed by atoms with Gasteiger partial charge in [-0.25, -0.2) is 8.42 Å². The molecule has 1 amide bonds. The average molecular weight is 405 g/mol. The Hall–Kier alpha value is -2.38. The van der Waals surface area contributed by atoms with Crippen LogP contribution < -0.4 is 9.62 Å². The summed E-state index contributed by atoms with van der Waals surface area (Å²) in [5, 5.41) is 2.85. The monoisotopic (exact) mass is 404 g/mol. The summed E-state index contributed by atoms with van der Waals surface area (Å²) >= 11 is 0. The van der Waals surface area contributed by atoms with E-state index in [0.29, 0.717) is 30.0 Å². The van der Waals surface area contributed by atoms with Crippen LogP contribution in [-0.4, -0.2) is 40.6 Å². The van der Waals surface area contributed by atoms with E-state index in [1.165, 1.54) is 11.4 Å². The Morgan fingerprint density at radius 1 is 1.14 bits per heavy atom. The van der Waals surface area contributed by atoms with E-state index in [2.05, 4.69) is 5.32 Å². The lowest BCUT2D eigenvalue weighted by Crippen LogP contribution is -2.28. The number of rotatable bonds is 9. The normalized spacial score (nSPS) is 11.5. The predicted octanol–water partition coefficient (Wildman–Crippen LogP) is 3.37. The maximum absolute atomic E-state index is 12.8. The topological polar surface area (TPSA) is 75.7 Å². The Bertz CT molecular complexity index is 896. The highest BCUT2D eigenvalue weighted by Gasteiger charge is 2.22. The van der Waals surface area contributed by atoms with Gasteiger partial charge in [-0.3, -0.25) is 9.10 Å². The first-order valence-corrected chi connectivity index (χ1v) is 10.7. The first kappa shape index (κ1) is 21.9. The van der Waals surface area contributed by atoms with Gasteiger partial charge in [0.2, 0.25) is 0 Å². The fourth-order valence-corrected chi connectivity index (χ4v) is 4.01. The summed E-state index contributed by atoms with van der Waals surface area (Å²) in [7, 11) is -2.14. The molecule has 0 saturated heterocycles. The van der Waals surface area contributed by atoms with Gasteiger partial charge in [0.15, 0.2) is 0 Å². The van der Waals surface area contributed by atoms with E-state index >= 15 is 0 Å². The van der Waals surface area contributed by atoms with Gasteiger partial charge < -0.3 is 10.1 Å². The summed E-state index contributed by atoms with van der Waals surface area (Å²) in [6, 6.07) is 13.3. The predicted molar refractivity (Wildman–Crippen MR) is 111 cm³/mol. The van der Waals surface area contributed by atoms with Crippen LogP contribution >= 0.6 is 0 Å². The van der Waals surface area contributed by atoms with Gasteiger partial charge in [-0.15, -0.1) is 0 Å². The van der Waals surface area contributed by atoms with Crippen molar-refractivity contribution < 1.29 is 17.9 Å². The van der Waals surface area contributed by atoms with Crippen LogP contribution in [0.3, 0.4) is 0 Å². The number of aryl methyl sites for hydroxylation is 1. The van der Waals surface area contributed by atoms with Gasteiger partial charge in [0.05, 0.1) is 16.7 Å². The molecule has 0 saturated carbocycles. The van der Waals surface area contributed by atoms with Gasteiger partial charge in [0, 0.05) is 25.8 Å². The summed E-state index contributed by atoms with van der Waals surface area (Å²) in [6.45, 7) is 6.85. The molecule has 6 nitrogen and oxygen atoms in total. The zero-order valence-corrected chi connectivity index (χ0v) is 17.6. The SMILES string of the molecule is Cc1cc(C(=O)NCCCOC(C)C)ccc1N(C)S(=O)(=O)c1ccccc1. The van der Waals surface area contributed by atoms with Crippen molar-refractivity contribution in [1.82, 2.24) is 5.32 Å². The fourth-order valence-electron chi connectivity index (χ4n) is 2.73. The number of nitrogens with zero attached hydrogens (tertiary/aromatic N) is 1. The number of hydrogen-bond donors (Lipinski definition) is 1. The highest BCUT2D eigenvalue weighted by atomic mass is 32.2. The van der Waals surface area contributed by atoms with Crippen molar-refractivity contribution >= 4 is 21.6 Å². The molecule has 152 valence electrons. The molecular weight excluding hydrogens is 376 g/mol. The van der Waals surface area contributed by atoms with Gasteiger partial charge in [0.1, 0.15) is 0 Å². The van der Waals surface area contributed by atoms with Crippen molar-refractivity contribution in [2.75, 3.05) is 24.5 Å². The number of anilines is 1. The van der Waals surface area contributed by atoms with Gasteiger partial charge in [-0.2, -0.15) is 0 Å². The molecule has 0 bridgehead atoms. The van der Waals surface area contributed by atoms with Crippen LogP contribution in [0, 0.1) is 6.92 Å². The largest absolute Gasteiger partial charge is 0.379 e. The summed E-state index contributed by atoms with van der Waals surface area (Å²) in [4.78, 5) is 12.5. The van der Waals surface area contributed by atoms with Crippen molar-refractivity contribution in [3.8, 4) is 0 Å². The van der Waals surface area contributed by atoms with E-state index in [4.69, 9.17) is 4.74 Å². The van der Waals surface area contributed by atoms with E-state index in [1.807, 2.05) is 13.8 Å². The van der Waals surface area contributed by atoms with Crippen molar-refractivity contribution in [2.45, 2.75) is 38.2 Å². The third-order valence-electron chi connectivity index (χ3n) is 4.26. The average Bonchev–Trinajstić information content (AvgIpc) is 2.67. The second-order valence-electron chi connectivity index (χ2n) is 6.82. The van der Waals surface area contributed by atoms with E-state index in [-0.39, 0.29) is 16.9 Å². The number of carbonyl (C=O) groups excluding carboxylic acids is 1. The summed E-state index contributed by atoms with van der Waals surface area (Å²) in [5.74, 6) is -0.187. The lowest BCUT2D eigenvalue weighted by atomic mass is 10.1. The van der Waals surface area contributed by atoms with Crippen molar-refractivity contribution in [1.29, 1.82) is 0 Å². The number of hydrogen-bond acceptors (Lipinski definition) is 4. The molecule has 0 aliphatic carbocycles. The Kier molecular flexibility index (Phi) is 7.60. The molecule has 1 N–H and O–H groups in total. The van der Waals surface area contributed by atoms with Gasteiger partial charge in [-0.1, -0.05) is 18.2 Å². The molecule has 2 rings (SSSR count). The zero-order chi connectivity index (χ0) is 20.7. The minimum absolute atomic E-state index is 0.176. The lowest BCUT2D eigenvalue weighted by molar-refractivity contribution is 0.0757. The first-order chi connectivity index (χ1) is 13.2. The van der Waals surface area contributed by atoms with Crippen LogP contribution in [0.25, 0.3) is 0 Å². The summed E-state index contributed by atoms with van der Waals surface area (Å²) < 4.78 is 32.3. The Morgan fingerprint density at radius 3 is 2.43 bits per heavy atom. The highest BCUT2D eigenvalue weighted by molar-refractivity contribution is 7.92. The molecule has 0 atom stereocenters. The number of carbonyl (C=O) groups is 1. The quantitative estimate of drug-likeness (QED) is 0.650. The Morgan fingerprint density at radius 2 is 1.82 bits per heavy atom. The Balaban J connectivity index is 2.06. The maximum Gasteiger partial charge on any atom is 0.264 e. The molecule has 0 spiro atoms. The summed E-state index contributed by atoms with van der Waals surface area (Å²) in [5.41, 5.74) is 1.74. The van der Waals surface area contributed by atoms with E-state index < -0.39 is 10.0 Å². The smallest absolute Gasteiger partial charge is 0.264 e. The third kappa shape index (κ3) is 5.56. The molecule has 0 radical (unpaired) electrons. The molecule has 0 heterocycles. The maximum atomic E-state index is 12.8. The molecule has 0 fully saturated rings. The minimum atomic E-state index is -3.66. The standard InChI is InChI=1S/C21H28N2O4S/c1-16(2)27-14-8-13-22-21(24)18-11-12-20(17(3)15-18)23(4)28(25,26)19-9-6-5-7-10-19/h5-7,9-12,15-16H,8,13-14H2,1-4H3,(H,22,24). The Labute approximate surface area is 167 Å².